The number of pyridine rings is 2. The first-order valence-corrected chi connectivity index (χ1v) is 13.8. The topological polar surface area (TPSA) is 28.0 Å². The summed E-state index contributed by atoms with van der Waals surface area (Å²) >= 11 is 0. The monoisotopic (exact) mass is 492 g/mol. The number of hydrogen-bond acceptors (Lipinski definition) is 1. The molecule has 0 fully saturated rings. The predicted molar refractivity (Wildman–Crippen MR) is 153 cm³/mol. The van der Waals surface area contributed by atoms with Crippen LogP contribution in [0.2, 0.25) is 0 Å². The lowest BCUT2D eigenvalue weighted by Gasteiger charge is -2.38. The predicted octanol–water partition coefficient (Wildman–Crippen LogP) is 7.12. The average molecular weight is 493 g/mol. The fourth-order valence-electron chi connectivity index (χ4n) is 5.87. The second-order valence-corrected chi connectivity index (χ2v) is 11.3. The Labute approximate surface area is 221 Å². The van der Waals surface area contributed by atoms with Crippen molar-refractivity contribution >= 4 is 27.5 Å². The number of benzene rings is 2. The Morgan fingerprint density at radius 3 is 2.11 bits per heavy atom. The van der Waals surface area contributed by atoms with Gasteiger partial charge in [-0.1, -0.05) is 57.4 Å². The molecule has 0 amide bonds. The molecule has 0 saturated carbocycles. The molecule has 1 aliphatic carbocycles. The van der Waals surface area contributed by atoms with Crippen molar-refractivity contribution in [1.29, 1.82) is 0 Å². The van der Waals surface area contributed by atoms with Gasteiger partial charge in [-0.3, -0.25) is 0 Å². The van der Waals surface area contributed by atoms with E-state index in [9.17, 15) is 5.11 Å². The van der Waals surface area contributed by atoms with Gasteiger partial charge in [0.1, 0.15) is 0 Å². The molecule has 4 aromatic rings. The summed E-state index contributed by atoms with van der Waals surface area (Å²) in [7, 11) is 0. The first-order valence-electron chi connectivity index (χ1n) is 13.8. The molecule has 2 heterocycles. The molecule has 3 heteroatoms. The van der Waals surface area contributed by atoms with E-state index in [2.05, 4.69) is 127 Å². The molecule has 2 unspecified atom stereocenters. The van der Waals surface area contributed by atoms with E-state index in [0.29, 0.717) is 0 Å². The third-order valence-electron chi connectivity index (χ3n) is 8.19. The maximum Gasteiger partial charge on any atom is 0.226 e. The van der Waals surface area contributed by atoms with Crippen LogP contribution in [0.15, 0.2) is 103 Å². The zero-order valence-electron chi connectivity index (χ0n) is 22.7. The van der Waals surface area contributed by atoms with Crippen molar-refractivity contribution in [3.63, 3.8) is 0 Å². The molecule has 0 saturated heterocycles. The van der Waals surface area contributed by atoms with Crippen LogP contribution in [0.4, 0.5) is 0 Å². The minimum atomic E-state index is -1.17. The summed E-state index contributed by atoms with van der Waals surface area (Å²) in [5.41, 5.74) is 2.55. The Morgan fingerprint density at radius 2 is 1.38 bits per heavy atom. The summed E-state index contributed by atoms with van der Waals surface area (Å²) in [6.07, 6.45) is 14.7. The molecule has 0 bridgehead atoms. The van der Waals surface area contributed by atoms with Crippen molar-refractivity contribution < 1.29 is 14.2 Å². The number of hydrogen-bond donors (Lipinski definition) is 1. The van der Waals surface area contributed by atoms with Crippen LogP contribution < -0.4 is 9.13 Å². The van der Waals surface area contributed by atoms with Gasteiger partial charge < -0.3 is 5.11 Å². The first-order chi connectivity index (χ1) is 17.8. The highest BCUT2D eigenvalue weighted by Crippen LogP contribution is 2.40. The Morgan fingerprint density at radius 1 is 0.757 bits per heavy atom. The van der Waals surface area contributed by atoms with Gasteiger partial charge in [0.15, 0.2) is 12.4 Å². The van der Waals surface area contributed by atoms with Crippen LogP contribution in [-0.4, -0.2) is 10.7 Å². The number of aliphatic hydroxyl groups is 1. The van der Waals surface area contributed by atoms with Crippen molar-refractivity contribution in [1.82, 2.24) is 0 Å². The molecule has 0 radical (unpaired) electrons. The van der Waals surface area contributed by atoms with Crippen LogP contribution in [0.1, 0.15) is 59.8 Å². The summed E-state index contributed by atoms with van der Waals surface area (Å²) in [5.74, 6) is 0.754. The molecule has 2 aromatic carbocycles. The zero-order chi connectivity index (χ0) is 26.0. The van der Waals surface area contributed by atoms with E-state index < -0.39 is 11.1 Å². The van der Waals surface area contributed by atoms with Crippen molar-refractivity contribution in [2.75, 3.05) is 0 Å². The number of rotatable bonds is 8. The summed E-state index contributed by atoms with van der Waals surface area (Å²) < 4.78 is 4.45. The minimum absolute atomic E-state index is 0.685. The van der Waals surface area contributed by atoms with E-state index in [1.165, 1.54) is 30.2 Å². The molecular formula is C34H40N2O+2. The first kappa shape index (κ1) is 25.4. The second-order valence-electron chi connectivity index (χ2n) is 11.3. The van der Waals surface area contributed by atoms with Gasteiger partial charge in [0.2, 0.25) is 27.9 Å². The van der Waals surface area contributed by atoms with E-state index in [-0.39, 0.29) is 0 Å². The van der Waals surface area contributed by atoms with Crippen molar-refractivity contribution in [2.24, 2.45) is 5.92 Å². The van der Waals surface area contributed by atoms with Gasteiger partial charge in [0.05, 0.1) is 0 Å². The smallest absolute Gasteiger partial charge is 0.226 e. The van der Waals surface area contributed by atoms with E-state index in [0.717, 1.165) is 40.9 Å². The normalized spacial score (nSPS) is 21.9. The highest BCUT2D eigenvalue weighted by atomic mass is 16.3. The summed E-state index contributed by atoms with van der Waals surface area (Å²) in [6.45, 7) is 8.75. The lowest BCUT2D eigenvalue weighted by Crippen LogP contribution is -2.69. The maximum atomic E-state index is 12.5. The summed E-state index contributed by atoms with van der Waals surface area (Å²) in [4.78, 5) is 0. The fourth-order valence-corrected chi connectivity index (χ4v) is 5.87. The Hall–Kier alpha value is -3.30. The molecule has 37 heavy (non-hydrogen) atoms. The van der Waals surface area contributed by atoms with Crippen molar-refractivity contribution in [2.45, 2.75) is 70.9 Å². The van der Waals surface area contributed by atoms with E-state index in [1.54, 1.807) is 0 Å². The van der Waals surface area contributed by atoms with Crippen LogP contribution in [0, 0.1) is 5.92 Å². The van der Waals surface area contributed by atoms with Crippen LogP contribution in [0.25, 0.3) is 27.5 Å². The van der Waals surface area contributed by atoms with E-state index in [4.69, 9.17) is 0 Å². The third kappa shape index (κ3) is 4.73. The number of unbranched alkanes of at least 4 members (excludes halogenated alkanes) is 2. The Balaban J connectivity index is 1.64. The lowest BCUT2D eigenvalue weighted by atomic mass is 9.73. The quantitative estimate of drug-likeness (QED) is 0.206. The van der Waals surface area contributed by atoms with Crippen LogP contribution in [0.5, 0.6) is 0 Å². The fraction of sp³-hybridized carbons (Fsp3) is 0.353. The van der Waals surface area contributed by atoms with E-state index >= 15 is 0 Å². The van der Waals surface area contributed by atoms with Gasteiger partial charge in [-0.2, -0.15) is 9.13 Å². The number of fused-ring (bicyclic) bond motifs is 2. The number of para-hydroxylation sites is 2. The number of aromatic nitrogens is 2. The van der Waals surface area contributed by atoms with Crippen LogP contribution in [-0.2, 0) is 5.54 Å². The molecule has 2 atom stereocenters. The highest BCUT2D eigenvalue weighted by Gasteiger charge is 2.59. The van der Waals surface area contributed by atoms with Gasteiger partial charge in [0.25, 0.3) is 0 Å². The molecule has 0 aliphatic heterocycles. The molecular weight excluding hydrogens is 452 g/mol. The largest absolute Gasteiger partial charge is 0.373 e. The van der Waals surface area contributed by atoms with Crippen molar-refractivity contribution in [3.8, 4) is 0 Å². The van der Waals surface area contributed by atoms with Gasteiger partial charge in [0, 0.05) is 48.0 Å². The Kier molecular flexibility index (Phi) is 7.00. The summed E-state index contributed by atoms with van der Waals surface area (Å²) in [5, 5.41) is 14.8. The van der Waals surface area contributed by atoms with E-state index in [1.807, 2.05) is 6.92 Å². The highest BCUT2D eigenvalue weighted by molar-refractivity contribution is 5.77. The molecule has 3 nitrogen and oxygen atoms in total. The van der Waals surface area contributed by atoms with Crippen molar-refractivity contribution in [3.05, 3.63) is 103 Å². The molecule has 190 valence electrons. The number of allylic oxidation sites excluding steroid dienone is 2. The molecule has 5 rings (SSSR count). The average Bonchev–Trinajstić information content (AvgIpc) is 2.89. The lowest BCUT2D eigenvalue weighted by molar-refractivity contribution is -0.743. The third-order valence-corrected chi connectivity index (χ3v) is 8.19. The maximum absolute atomic E-state index is 12.5. The van der Waals surface area contributed by atoms with Gasteiger partial charge in [-0.25, -0.2) is 0 Å². The minimum Gasteiger partial charge on any atom is -0.373 e. The molecule has 1 aliphatic rings. The molecule has 1 N–H and O–H groups in total. The summed E-state index contributed by atoms with van der Waals surface area (Å²) in [6, 6.07) is 25.3. The standard InChI is InChI=1S/C34H40N2O/c1-26(2)14-6-5-7-15-27-24-32(35-22-12-18-28-16-8-10-20-30(28)35)34(4,37)33(3,25-27)36-23-13-19-29-17-9-11-21-31(29)36/h8-13,16-26,37H,5-7,14-15H2,1-4H3/q+2. The van der Waals surface area contributed by atoms with Crippen LogP contribution in [0.3, 0.4) is 0 Å². The van der Waals surface area contributed by atoms with Crippen LogP contribution >= 0.6 is 0 Å². The van der Waals surface area contributed by atoms with Gasteiger partial charge >= 0.3 is 0 Å². The van der Waals surface area contributed by atoms with Gasteiger partial charge in [-0.05, 0) is 61.6 Å². The van der Waals surface area contributed by atoms with Gasteiger partial charge in [-0.15, -0.1) is 0 Å². The molecule has 0 spiro atoms. The SMILES string of the molecule is CC(C)CCCCCC1=CC(C)([n+]2cccc3ccccc32)C(C)(O)C([n+]2cccc3ccccc32)=C1. The Bertz CT molecular complexity index is 1470. The number of nitrogens with zero attached hydrogens (tertiary/aromatic N) is 2. The zero-order valence-corrected chi connectivity index (χ0v) is 22.7. The molecule has 2 aromatic heterocycles. The second kappa shape index (κ2) is 10.2.